The molecule has 0 bridgehead atoms. The fourth-order valence-electron chi connectivity index (χ4n) is 2.65. The number of halogens is 1. The Morgan fingerprint density at radius 2 is 1.84 bits per heavy atom. The SMILES string of the molecule is O=C(N[C@H](Cc1cccnc1Br)C(=O)O)c1cccc2ccccc12. The minimum atomic E-state index is -1.09. The van der Waals surface area contributed by atoms with Crippen LogP contribution in [0.1, 0.15) is 15.9 Å². The molecule has 2 aromatic carbocycles. The van der Waals surface area contributed by atoms with Gasteiger partial charge in [0.15, 0.2) is 0 Å². The van der Waals surface area contributed by atoms with Crippen molar-refractivity contribution in [2.75, 3.05) is 0 Å². The second-order valence-corrected chi connectivity index (χ2v) is 6.30. The van der Waals surface area contributed by atoms with Gasteiger partial charge in [-0.2, -0.15) is 0 Å². The molecule has 0 aliphatic rings. The van der Waals surface area contributed by atoms with E-state index in [1.165, 1.54) is 0 Å². The fourth-order valence-corrected chi connectivity index (χ4v) is 3.06. The number of hydrogen-bond donors (Lipinski definition) is 2. The van der Waals surface area contributed by atoms with Crippen molar-refractivity contribution in [2.24, 2.45) is 0 Å². The second kappa shape index (κ2) is 7.44. The molecular formula is C19H15BrN2O3. The highest BCUT2D eigenvalue weighted by Gasteiger charge is 2.23. The van der Waals surface area contributed by atoms with Crippen LogP contribution in [0.2, 0.25) is 0 Å². The van der Waals surface area contributed by atoms with Gasteiger partial charge in [-0.3, -0.25) is 4.79 Å². The van der Waals surface area contributed by atoms with Crippen LogP contribution in [-0.2, 0) is 11.2 Å². The summed E-state index contributed by atoms with van der Waals surface area (Å²) in [5.41, 5.74) is 1.17. The van der Waals surface area contributed by atoms with Crippen molar-refractivity contribution in [1.82, 2.24) is 10.3 Å². The number of carboxylic acids is 1. The number of nitrogens with zero attached hydrogens (tertiary/aromatic N) is 1. The molecule has 0 aliphatic carbocycles. The fraction of sp³-hybridized carbons (Fsp3) is 0.105. The lowest BCUT2D eigenvalue weighted by Crippen LogP contribution is -2.42. The summed E-state index contributed by atoms with van der Waals surface area (Å²) in [7, 11) is 0. The number of hydrogen-bond acceptors (Lipinski definition) is 3. The van der Waals surface area contributed by atoms with Gasteiger partial charge in [0.25, 0.3) is 5.91 Å². The van der Waals surface area contributed by atoms with E-state index in [9.17, 15) is 14.7 Å². The third kappa shape index (κ3) is 3.85. The van der Waals surface area contributed by atoms with Crippen LogP contribution in [-0.4, -0.2) is 28.0 Å². The number of nitrogens with one attached hydrogen (secondary N) is 1. The van der Waals surface area contributed by atoms with E-state index in [-0.39, 0.29) is 6.42 Å². The zero-order chi connectivity index (χ0) is 17.8. The van der Waals surface area contributed by atoms with Crippen LogP contribution in [0.4, 0.5) is 0 Å². The molecule has 0 spiro atoms. The van der Waals surface area contributed by atoms with Gasteiger partial charge in [0, 0.05) is 18.2 Å². The number of carboxylic acid groups (broad SMARTS) is 1. The van der Waals surface area contributed by atoms with Gasteiger partial charge in [0.1, 0.15) is 10.6 Å². The van der Waals surface area contributed by atoms with Crippen molar-refractivity contribution in [3.8, 4) is 0 Å². The average Bonchev–Trinajstić information content (AvgIpc) is 2.62. The second-order valence-electron chi connectivity index (χ2n) is 5.55. The number of carbonyl (C=O) groups excluding carboxylic acids is 1. The van der Waals surface area contributed by atoms with Crippen molar-refractivity contribution in [2.45, 2.75) is 12.5 Å². The smallest absolute Gasteiger partial charge is 0.326 e. The lowest BCUT2D eigenvalue weighted by Gasteiger charge is -2.16. The molecule has 6 heteroatoms. The van der Waals surface area contributed by atoms with Crippen molar-refractivity contribution >= 4 is 38.6 Å². The molecule has 3 rings (SSSR count). The summed E-state index contributed by atoms with van der Waals surface area (Å²) in [5, 5.41) is 13.8. The highest BCUT2D eigenvalue weighted by atomic mass is 79.9. The minimum absolute atomic E-state index is 0.139. The summed E-state index contributed by atoms with van der Waals surface area (Å²) in [6.07, 6.45) is 1.75. The molecule has 0 aliphatic heterocycles. The van der Waals surface area contributed by atoms with E-state index in [1.54, 1.807) is 30.5 Å². The first-order chi connectivity index (χ1) is 12.1. The molecule has 2 N–H and O–H groups in total. The van der Waals surface area contributed by atoms with Gasteiger partial charge in [0.2, 0.25) is 0 Å². The molecule has 0 unspecified atom stereocenters. The van der Waals surface area contributed by atoms with Gasteiger partial charge in [-0.05, 0) is 44.4 Å². The van der Waals surface area contributed by atoms with E-state index in [0.717, 1.165) is 10.8 Å². The molecule has 1 amide bonds. The number of amides is 1. The van der Waals surface area contributed by atoms with E-state index in [1.807, 2.05) is 30.3 Å². The van der Waals surface area contributed by atoms with Gasteiger partial charge >= 0.3 is 5.97 Å². The van der Waals surface area contributed by atoms with Crippen molar-refractivity contribution in [1.29, 1.82) is 0 Å². The van der Waals surface area contributed by atoms with Gasteiger partial charge in [-0.25, -0.2) is 9.78 Å². The monoisotopic (exact) mass is 398 g/mol. The largest absolute Gasteiger partial charge is 0.480 e. The number of aliphatic carboxylic acids is 1. The predicted molar refractivity (Wildman–Crippen MR) is 98.5 cm³/mol. The van der Waals surface area contributed by atoms with E-state index >= 15 is 0 Å². The minimum Gasteiger partial charge on any atom is -0.480 e. The maximum atomic E-state index is 12.6. The molecule has 5 nitrogen and oxygen atoms in total. The molecule has 126 valence electrons. The Kier molecular flexibility index (Phi) is 5.09. The van der Waals surface area contributed by atoms with Crippen LogP contribution in [0.5, 0.6) is 0 Å². The third-order valence-electron chi connectivity index (χ3n) is 3.90. The number of carbonyl (C=O) groups is 2. The Hall–Kier alpha value is -2.73. The molecule has 25 heavy (non-hydrogen) atoms. The number of aromatic nitrogens is 1. The maximum absolute atomic E-state index is 12.6. The molecule has 1 heterocycles. The standard InChI is InChI=1S/C19H15BrN2O3/c20-17-13(7-4-10-21-17)11-16(19(24)25)22-18(23)15-9-3-6-12-5-1-2-8-14(12)15/h1-10,16H,11H2,(H,22,23)(H,24,25)/t16-/m1/s1. The number of pyridine rings is 1. The van der Waals surface area contributed by atoms with E-state index in [4.69, 9.17) is 0 Å². The number of fused-ring (bicyclic) bond motifs is 1. The lowest BCUT2D eigenvalue weighted by atomic mass is 10.0. The highest BCUT2D eigenvalue weighted by Crippen LogP contribution is 2.19. The van der Waals surface area contributed by atoms with Crippen LogP contribution < -0.4 is 5.32 Å². The molecule has 1 aromatic heterocycles. The summed E-state index contributed by atoms with van der Waals surface area (Å²) < 4.78 is 0.570. The van der Waals surface area contributed by atoms with Crippen molar-refractivity contribution in [3.05, 3.63) is 76.5 Å². The van der Waals surface area contributed by atoms with Gasteiger partial charge in [-0.15, -0.1) is 0 Å². The third-order valence-corrected chi connectivity index (χ3v) is 4.61. The van der Waals surface area contributed by atoms with Gasteiger partial charge in [0.05, 0.1) is 0 Å². The Labute approximate surface area is 152 Å². The molecule has 0 saturated heterocycles. The van der Waals surface area contributed by atoms with Crippen molar-refractivity contribution < 1.29 is 14.7 Å². The zero-order valence-electron chi connectivity index (χ0n) is 13.1. The normalized spacial score (nSPS) is 11.9. The van der Waals surface area contributed by atoms with Gasteiger partial charge < -0.3 is 10.4 Å². The Bertz CT molecular complexity index is 937. The summed E-state index contributed by atoms with van der Waals surface area (Å²) >= 11 is 3.30. The van der Waals surface area contributed by atoms with E-state index in [0.29, 0.717) is 15.7 Å². The maximum Gasteiger partial charge on any atom is 0.326 e. The average molecular weight is 399 g/mol. The van der Waals surface area contributed by atoms with E-state index < -0.39 is 17.9 Å². The Morgan fingerprint density at radius 1 is 1.08 bits per heavy atom. The van der Waals surface area contributed by atoms with Crippen LogP contribution >= 0.6 is 15.9 Å². The summed E-state index contributed by atoms with van der Waals surface area (Å²) in [4.78, 5) is 28.3. The molecule has 0 radical (unpaired) electrons. The summed E-state index contributed by atoms with van der Waals surface area (Å²) in [6, 6.07) is 15.3. The predicted octanol–water partition coefficient (Wildman–Crippen LogP) is 3.42. The lowest BCUT2D eigenvalue weighted by molar-refractivity contribution is -0.139. The number of benzene rings is 2. The molecule has 0 saturated carbocycles. The van der Waals surface area contributed by atoms with Crippen LogP contribution in [0.15, 0.2) is 65.4 Å². The number of rotatable bonds is 5. The Morgan fingerprint density at radius 3 is 2.60 bits per heavy atom. The van der Waals surface area contributed by atoms with Crippen molar-refractivity contribution in [3.63, 3.8) is 0 Å². The Balaban J connectivity index is 1.86. The molecular weight excluding hydrogens is 384 g/mol. The topological polar surface area (TPSA) is 79.3 Å². The van der Waals surface area contributed by atoms with Crippen LogP contribution in [0, 0.1) is 0 Å². The van der Waals surface area contributed by atoms with E-state index in [2.05, 4.69) is 26.2 Å². The summed E-state index contributed by atoms with van der Waals surface area (Å²) in [5.74, 6) is -1.51. The first-order valence-electron chi connectivity index (χ1n) is 7.67. The highest BCUT2D eigenvalue weighted by molar-refractivity contribution is 9.10. The zero-order valence-corrected chi connectivity index (χ0v) is 14.7. The van der Waals surface area contributed by atoms with Crippen LogP contribution in [0.25, 0.3) is 10.8 Å². The van der Waals surface area contributed by atoms with Crippen LogP contribution in [0.3, 0.4) is 0 Å². The molecule has 0 fully saturated rings. The first-order valence-corrected chi connectivity index (χ1v) is 8.46. The van der Waals surface area contributed by atoms with Gasteiger partial charge in [-0.1, -0.05) is 42.5 Å². The quantitative estimate of drug-likeness (QED) is 0.645. The summed E-state index contributed by atoms with van der Waals surface area (Å²) in [6.45, 7) is 0. The first kappa shape index (κ1) is 17.1. The molecule has 1 atom stereocenters. The molecule has 3 aromatic rings.